The first-order valence-electron chi connectivity index (χ1n) is 10.6. The van der Waals surface area contributed by atoms with Crippen molar-refractivity contribution in [1.29, 1.82) is 0 Å². The van der Waals surface area contributed by atoms with Crippen LogP contribution in [0.1, 0.15) is 23.0 Å². The number of hydrogen-bond donors (Lipinski definition) is 1. The van der Waals surface area contributed by atoms with E-state index < -0.39 is 6.17 Å². The largest absolute Gasteiger partial charge is 0.368 e. The van der Waals surface area contributed by atoms with Gasteiger partial charge in [-0.25, -0.2) is 9.98 Å². The third-order valence-electron chi connectivity index (χ3n) is 5.87. The molecule has 7 nitrogen and oxygen atoms in total. The maximum atomic E-state index is 12.8. The van der Waals surface area contributed by atoms with Crippen molar-refractivity contribution in [2.75, 3.05) is 36.4 Å². The van der Waals surface area contributed by atoms with Crippen LogP contribution in [-0.4, -0.2) is 46.6 Å². The van der Waals surface area contributed by atoms with E-state index in [0.29, 0.717) is 11.6 Å². The molecule has 2 aliphatic rings. The molecule has 0 saturated carbocycles. The van der Waals surface area contributed by atoms with Crippen LogP contribution < -0.4 is 15.8 Å². The van der Waals surface area contributed by atoms with Gasteiger partial charge < -0.3 is 9.80 Å². The molecule has 1 unspecified atom stereocenters. The number of guanidine groups is 1. The number of fused-ring (bicyclic) bond motifs is 1. The third-order valence-corrected chi connectivity index (χ3v) is 5.87. The molecule has 0 amide bonds. The van der Waals surface area contributed by atoms with Gasteiger partial charge in [-0.15, -0.1) is 0 Å². The molecule has 0 aliphatic carbocycles. The number of benzene rings is 2. The smallest absolute Gasteiger partial charge is 0.257 e. The van der Waals surface area contributed by atoms with Crippen LogP contribution in [0.4, 0.5) is 11.6 Å². The Hall–Kier alpha value is -3.61. The fraction of sp³-hybridized carbons (Fsp3) is 0.292. The molecule has 158 valence electrons. The lowest BCUT2D eigenvalue weighted by molar-refractivity contribution is 0.376. The van der Waals surface area contributed by atoms with E-state index >= 15 is 0 Å². The Kier molecular flexibility index (Phi) is 4.94. The van der Waals surface area contributed by atoms with Crippen molar-refractivity contribution in [3.63, 3.8) is 0 Å². The molecule has 2 aromatic carbocycles. The fourth-order valence-electron chi connectivity index (χ4n) is 4.17. The van der Waals surface area contributed by atoms with Crippen LogP contribution >= 0.6 is 0 Å². The minimum absolute atomic E-state index is 0.0997. The van der Waals surface area contributed by atoms with Crippen LogP contribution in [0.5, 0.6) is 0 Å². The molecule has 1 aromatic heterocycles. The molecule has 5 rings (SSSR count). The number of aromatic nitrogens is 2. The summed E-state index contributed by atoms with van der Waals surface area (Å²) in [5.74, 6) is 1.32. The number of piperazine rings is 1. The van der Waals surface area contributed by atoms with Crippen molar-refractivity contribution < 1.29 is 0 Å². The second-order valence-electron chi connectivity index (χ2n) is 8.10. The summed E-state index contributed by atoms with van der Waals surface area (Å²) in [5, 5.41) is 3.32. The quantitative estimate of drug-likeness (QED) is 0.698. The summed E-state index contributed by atoms with van der Waals surface area (Å²) in [6.07, 6.45) is -0.431. The van der Waals surface area contributed by atoms with Gasteiger partial charge in [-0.05, 0) is 31.5 Å². The molecule has 1 saturated heterocycles. The lowest BCUT2D eigenvalue weighted by Gasteiger charge is -2.39. The van der Waals surface area contributed by atoms with E-state index in [1.54, 1.807) is 10.6 Å². The van der Waals surface area contributed by atoms with E-state index in [1.165, 1.54) is 11.3 Å². The van der Waals surface area contributed by atoms with Crippen molar-refractivity contribution in [2.45, 2.75) is 20.0 Å². The van der Waals surface area contributed by atoms with Crippen molar-refractivity contribution in [3.8, 4) is 0 Å². The van der Waals surface area contributed by atoms with E-state index in [9.17, 15) is 4.79 Å². The molecular formula is C24H26N6O. The zero-order valence-corrected chi connectivity index (χ0v) is 17.8. The Balaban J connectivity index is 1.45. The Morgan fingerprint density at radius 2 is 1.58 bits per heavy atom. The van der Waals surface area contributed by atoms with Gasteiger partial charge >= 0.3 is 0 Å². The number of anilines is 2. The molecule has 2 aliphatic heterocycles. The molecule has 0 spiro atoms. The molecule has 3 heterocycles. The van der Waals surface area contributed by atoms with E-state index in [1.807, 2.05) is 25.1 Å². The van der Waals surface area contributed by atoms with Gasteiger partial charge in [0.1, 0.15) is 0 Å². The monoisotopic (exact) mass is 414 g/mol. The highest BCUT2D eigenvalue weighted by atomic mass is 16.1. The summed E-state index contributed by atoms with van der Waals surface area (Å²) in [5.41, 5.74) is 3.99. The zero-order chi connectivity index (χ0) is 21.4. The standard InChI is InChI=1S/C24H26N6O/c1-17-8-10-19(11-9-17)22-26-23(27-24-25-18(2)16-21(31)30(22)24)29-14-12-28(13-15-29)20-6-4-3-5-7-20/h3-11,16,22H,12-15H2,1-2H3,(H,25,26,27). The first-order valence-corrected chi connectivity index (χ1v) is 10.6. The summed E-state index contributed by atoms with van der Waals surface area (Å²) in [6, 6.07) is 20.2. The maximum absolute atomic E-state index is 12.8. The fourth-order valence-corrected chi connectivity index (χ4v) is 4.17. The molecule has 31 heavy (non-hydrogen) atoms. The summed E-state index contributed by atoms with van der Waals surface area (Å²) in [4.78, 5) is 27.0. The van der Waals surface area contributed by atoms with Gasteiger partial charge in [0.2, 0.25) is 11.9 Å². The number of nitrogens with zero attached hydrogens (tertiary/aromatic N) is 5. The first-order chi connectivity index (χ1) is 15.1. The van der Waals surface area contributed by atoms with Crippen LogP contribution in [-0.2, 0) is 0 Å². The van der Waals surface area contributed by atoms with Gasteiger partial charge in [0.25, 0.3) is 5.56 Å². The van der Waals surface area contributed by atoms with Crippen molar-refractivity contribution in [1.82, 2.24) is 14.5 Å². The maximum Gasteiger partial charge on any atom is 0.257 e. The highest BCUT2D eigenvalue weighted by Gasteiger charge is 2.29. The van der Waals surface area contributed by atoms with Crippen LogP contribution in [0.15, 0.2) is 70.5 Å². The predicted molar refractivity (Wildman–Crippen MR) is 124 cm³/mol. The Morgan fingerprint density at radius 3 is 2.29 bits per heavy atom. The molecule has 1 fully saturated rings. The van der Waals surface area contributed by atoms with Crippen LogP contribution in [0.3, 0.4) is 0 Å². The number of nitrogens with one attached hydrogen (secondary N) is 1. The van der Waals surface area contributed by atoms with Crippen molar-refractivity contribution in [2.24, 2.45) is 4.99 Å². The van der Waals surface area contributed by atoms with Crippen LogP contribution in [0, 0.1) is 13.8 Å². The van der Waals surface area contributed by atoms with Crippen LogP contribution in [0.25, 0.3) is 0 Å². The normalized spacial score (nSPS) is 18.3. The predicted octanol–water partition coefficient (Wildman–Crippen LogP) is 3.01. The zero-order valence-electron chi connectivity index (χ0n) is 17.8. The second-order valence-corrected chi connectivity index (χ2v) is 8.10. The molecule has 3 aromatic rings. The molecular weight excluding hydrogens is 388 g/mol. The third kappa shape index (κ3) is 3.79. The number of aliphatic imine (C=N–C) groups is 1. The number of aryl methyl sites for hydroxylation is 2. The van der Waals surface area contributed by atoms with Gasteiger partial charge in [-0.1, -0.05) is 48.0 Å². The molecule has 1 N–H and O–H groups in total. The van der Waals surface area contributed by atoms with Gasteiger partial charge in [0.05, 0.1) is 0 Å². The molecule has 0 bridgehead atoms. The molecule has 0 radical (unpaired) electrons. The summed E-state index contributed by atoms with van der Waals surface area (Å²) < 4.78 is 1.64. The summed E-state index contributed by atoms with van der Waals surface area (Å²) >= 11 is 0. The van der Waals surface area contributed by atoms with Gasteiger partial charge in [-0.2, -0.15) is 0 Å². The lowest BCUT2D eigenvalue weighted by atomic mass is 10.1. The Bertz CT molecular complexity index is 1160. The first kappa shape index (κ1) is 19.4. The van der Waals surface area contributed by atoms with Gasteiger partial charge in [0.15, 0.2) is 6.17 Å². The number of para-hydroxylation sites is 1. The lowest BCUT2D eigenvalue weighted by Crippen LogP contribution is -2.52. The molecule has 1 atom stereocenters. The minimum Gasteiger partial charge on any atom is -0.368 e. The number of rotatable bonds is 2. The van der Waals surface area contributed by atoms with Crippen molar-refractivity contribution >= 4 is 17.6 Å². The van der Waals surface area contributed by atoms with Crippen molar-refractivity contribution in [3.05, 3.63) is 87.8 Å². The van der Waals surface area contributed by atoms with E-state index in [-0.39, 0.29) is 5.56 Å². The topological polar surface area (TPSA) is 65.8 Å². The summed E-state index contributed by atoms with van der Waals surface area (Å²) in [7, 11) is 0. The molecule has 7 heteroatoms. The SMILES string of the molecule is Cc1ccc(C2N=C(N3CCN(c4ccccc4)CC3)Nc3nc(C)cc(=O)n32)cc1. The highest BCUT2D eigenvalue weighted by molar-refractivity contribution is 5.93. The average Bonchev–Trinajstić information content (AvgIpc) is 2.79. The van der Waals surface area contributed by atoms with Gasteiger partial charge in [0, 0.05) is 43.6 Å². The minimum atomic E-state index is -0.431. The Labute approximate surface area is 181 Å². The van der Waals surface area contributed by atoms with Crippen LogP contribution in [0.2, 0.25) is 0 Å². The van der Waals surface area contributed by atoms with E-state index in [0.717, 1.165) is 37.7 Å². The van der Waals surface area contributed by atoms with E-state index in [2.05, 4.69) is 63.4 Å². The van der Waals surface area contributed by atoms with Gasteiger partial charge in [-0.3, -0.25) is 14.7 Å². The second kappa shape index (κ2) is 7.91. The summed E-state index contributed by atoms with van der Waals surface area (Å²) in [6.45, 7) is 7.41. The Morgan fingerprint density at radius 1 is 0.903 bits per heavy atom. The van der Waals surface area contributed by atoms with E-state index in [4.69, 9.17) is 4.99 Å². The average molecular weight is 415 g/mol. The highest BCUT2D eigenvalue weighted by Crippen LogP contribution is 2.27. The number of hydrogen-bond acceptors (Lipinski definition) is 6.